The molecule has 2 heterocycles. The number of aromatic nitrogens is 1. The summed E-state index contributed by atoms with van der Waals surface area (Å²) in [5, 5.41) is 12.8. The molecule has 2 N–H and O–H groups in total. The number of aliphatic imine (C=N–C) groups is 1. The topological polar surface area (TPSA) is 70.0 Å². The predicted octanol–water partition coefficient (Wildman–Crippen LogP) is 2.17. The van der Waals surface area contributed by atoms with Crippen molar-refractivity contribution in [2.75, 3.05) is 26.2 Å². The number of rotatable bonds is 5. The van der Waals surface area contributed by atoms with E-state index >= 15 is 0 Å². The molecule has 10 heteroatoms. The monoisotopic (exact) mass is 474 g/mol. The molecule has 0 aliphatic carbocycles. The molecule has 0 unspecified atom stereocenters. The molecule has 1 aromatic heterocycles. The van der Waals surface area contributed by atoms with Gasteiger partial charge in [0.2, 0.25) is 5.88 Å². The van der Waals surface area contributed by atoms with Gasteiger partial charge in [-0.2, -0.15) is 13.2 Å². The lowest BCUT2D eigenvalue weighted by atomic mass is 10.3. The Kier molecular flexibility index (Phi) is 8.69. The molecule has 0 aromatic carbocycles. The second kappa shape index (κ2) is 10.00. The van der Waals surface area contributed by atoms with Crippen LogP contribution in [0.5, 0.6) is 5.88 Å². The molecule has 25 heavy (non-hydrogen) atoms. The minimum Gasteiger partial charge on any atom is -0.468 e. The largest absolute Gasteiger partial charge is 0.468 e. The van der Waals surface area contributed by atoms with Crippen molar-refractivity contribution in [3.8, 4) is 5.88 Å². The number of β-amino-alcohol motifs (C(OH)–C–C–N with tert-alkyl or cyclic N) is 1. The second-order valence-corrected chi connectivity index (χ2v) is 5.46. The quantitative estimate of drug-likeness (QED) is 0.389. The highest BCUT2D eigenvalue weighted by molar-refractivity contribution is 14.0. The van der Waals surface area contributed by atoms with Crippen molar-refractivity contribution in [1.82, 2.24) is 15.2 Å². The van der Waals surface area contributed by atoms with E-state index in [1.807, 2.05) is 11.8 Å². The highest BCUT2D eigenvalue weighted by Gasteiger charge is 2.28. The van der Waals surface area contributed by atoms with E-state index in [1.165, 1.54) is 12.3 Å². The maximum absolute atomic E-state index is 12.2. The average Bonchev–Trinajstić information content (AvgIpc) is 2.95. The van der Waals surface area contributed by atoms with E-state index in [0.717, 1.165) is 0 Å². The molecule has 142 valence electrons. The van der Waals surface area contributed by atoms with E-state index in [0.29, 0.717) is 37.6 Å². The Morgan fingerprint density at radius 2 is 2.28 bits per heavy atom. The Bertz CT molecular complexity index is 572. The Labute approximate surface area is 161 Å². The van der Waals surface area contributed by atoms with Crippen LogP contribution < -0.4 is 10.1 Å². The van der Waals surface area contributed by atoms with Crippen LogP contribution in [0.2, 0.25) is 0 Å². The highest BCUT2D eigenvalue weighted by atomic mass is 127. The van der Waals surface area contributed by atoms with Crippen molar-refractivity contribution in [3.05, 3.63) is 23.9 Å². The molecule has 0 radical (unpaired) electrons. The minimum atomic E-state index is -4.40. The molecular formula is C15H22F3IN4O2. The van der Waals surface area contributed by atoms with Gasteiger partial charge in [0.25, 0.3) is 0 Å². The summed E-state index contributed by atoms with van der Waals surface area (Å²) < 4.78 is 41.2. The summed E-state index contributed by atoms with van der Waals surface area (Å²) in [5.41, 5.74) is 0.692. The Morgan fingerprint density at radius 3 is 2.88 bits per heavy atom. The molecule has 1 aliphatic rings. The average molecular weight is 474 g/mol. The van der Waals surface area contributed by atoms with Crippen LogP contribution in [0.15, 0.2) is 23.3 Å². The number of alkyl halides is 3. The Hall–Kier alpha value is -1.30. The molecule has 0 amide bonds. The highest BCUT2D eigenvalue weighted by Crippen LogP contribution is 2.18. The zero-order valence-corrected chi connectivity index (χ0v) is 16.1. The number of guanidine groups is 1. The molecule has 0 bridgehead atoms. The predicted molar refractivity (Wildman–Crippen MR) is 98.2 cm³/mol. The third kappa shape index (κ3) is 7.63. The maximum atomic E-state index is 12.2. The fourth-order valence-corrected chi connectivity index (χ4v) is 2.31. The van der Waals surface area contributed by atoms with Crippen molar-refractivity contribution in [2.24, 2.45) is 4.99 Å². The number of aliphatic hydroxyl groups excluding tert-OH is 1. The van der Waals surface area contributed by atoms with Crippen molar-refractivity contribution in [1.29, 1.82) is 0 Å². The van der Waals surface area contributed by atoms with Crippen LogP contribution in [0.1, 0.15) is 18.9 Å². The normalized spacial score (nSPS) is 18.0. The smallest absolute Gasteiger partial charge is 0.422 e. The molecule has 1 aliphatic heterocycles. The zero-order chi connectivity index (χ0) is 17.6. The van der Waals surface area contributed by atoms with E-state index < -0.39 is 12.8 Å². The summed E-state index contributed by atoms with van der Waals surface area (Å²) in [4.78, 5) is 10.2. The summed E-state index contributed by atoms with van der Waals surface area (Å²) in [5.74, 6) is 0.588. The van der Waals surface area contributed by atoms with Gasteiger partial charge in [-0.1, -0.05) is 0 Å². The van der Waals surface area contributed by atoms with Crippen molar-refractivity contribution in [3.63, 3.8) is 0 Å². The lowest BCUT2D eigenvalue weighted by molar-refractivity contribution is -0.154. The second-order valence-electron chi connectivity index (χ2n) is 5.46. The van der Waals surface area contributed by atoms with Gasteiger partial charge in [0.15, 0.2) is 12.6 Å². The van der Waals surface area contributed by atoms with Crippen molar-refractivity contribution in [2.45, 2.75) is 32.2 Å². The van der Waals surface area contributed by atoms with E-state index in [1.54, 1.807) is 6.07 Å². The van der Waals surface area contributed by atoms with Crippen LogP contribution in [0.25, 0.3) is 0 Å². The molecular weight excluding hydrogens is 452 g/mol. The van der Waals surface area contributed by atoms with Gasteiger partial charge in [-0.3, -0.25) is 0 Å². The number of nitrogens with zero attached hydrogens (tertiary/aromatic N) is 3. The first kappa shape index (κ1) is 21.7. The number of pyridine rings is 1. The lowest BCUT2D eigenvalue weighted by Crippen LogP contribution is -2.40. The maximum Gasteiger partial charge on any atom is 0.422 e. The number of halogens is 4. The summed E-state index contributed by atoms with van der Waals surface area (Å²) in [6.45, 7) is 2.76. The van der Waals surface area contributed by atoms with Crippen LogP contribution in [0, 0.1) is 0 Å². The van der Waals surface area contributed by atoms with Crippen LogP contribution in [0.4, 0.5) is 13.2 Å². The van der Waals surface area contributed by atoms with Gasteiger partial charge in [-0.05, 0) is 25.0 Å². The first-order chi connectivity index (χ1) is 11.4. The molecule has 1 atom stereocenters. The van der Waals surface area contributed by atoms with Gasteiger partial charge < -0.3 is 20.1 Å². The standard InChI is InChI=1S/C15H21F3N4O2.HI/c1-2-19-14(22-6-4-12(23)9-22)21-8-11-3-5-20-13(7-11)24-10-15(16,17)18;/h3,5,7,12,23H,2,4,6,8-10H2,1H3,(H,19,21);1H/t12-;/m1./s1. The molecule has 6 nitrogen and oxygen atoms in total. The van der Waals surface area contributed by atoms with E-state index in [4.69, 9.17) is 0 Å². The summed E-state index contributed by atoms with van der Waals surface area (Å²) in [7, 11) is 0. The first-order valence-electron chi connectivity index (χ1n) is 7.73. The van der Waals surface area contributed by atoms with Gasteiger partial charge in [-0.15, -0.1) is 24.0 Å². The third-order valence-electron chi connectivity index (χ3n) is 3.39. The van der Waals surface area contributed by atoms with E-state index in [9.17, 15) is 18.3 Å². The summed E-state index contributed by atoms with van der Waals surface area (Å²) in [6, 6.07) is 3.12. The Balaban J connectivity index is 0.00000312. The first-order valence-corrected chi connectivity index (χ1v) is 7.73. The third-order valence-corrected chi connectivity index (χ3v) is 3.39. The number of aliphatic hydroxyl groups is 1. The van der Waals surface area contributed by atoms with E-state index in [-0.39, 0.29) is 42.5 Å². The van der Waals surface area contributed by atoms with Crippen LogP contribution >= 0.6 is 24.0 Å². The molecule has 2 rings (SSSR count). The van der Waals surface area contributed by atoms with Crippen LogP contribution in [-0.2, 0) is 6.54 Å². The molecule has 1 fully saturated rings. The van der Waals surface area contributed by atoms with Gasteiger partial charge in [0.1, 0.15) is 0 Å². The fraction of sp³-hybridized carbons (Fsp3) is 0.600. The van der Waals surface area contributed by atoms with E-state index in [2.05, 4.69) is 20.0 Å². The van der Waals surface area contributed by atoms with Crippen LogP contribution in [0.3, 0.4) is 0 Å². The number of ether oxygens (including phenoxy) is 1. The SMILES string of the molecule is CCNC(=NCc1ccnc(OCC(F)(F)F)c1)N1CC[C@@H](O)C1.I. The molecule has 1 saturated heterocycles. The minimum absolute atomic E-state index is 0. The molecule has 1 aromatic rings. The van der Waals surface area contributed by atoms with Gasteiger partial charge in [0.05, 0.1) is 12.6 Å². The number of likely N-dealkylation sites (tertiary alicyclic amines) is 1. The van der Waals surface area contributed by atoms with Gasteiger partial charge >= 0.3 is 6.18 Å². The summed E-state index contributed by atoms with van der Waals surface area (Å²) in [6.07, 6.45) is -2.68. The van der Waals surface area contributed by atoms with Crippen molar-refractivity contribution >= 4 is 29.9 Å². The number of hydrogen-bond donors (Lipinski definition) is 2. The Morgan fingerprint density at radius 1 is 1.52 bits per heavy atom. The molecule has 0 saturated carbocycles. The number of nitrogens with one attached hydrogen (secondary N) is 1. The van der Waals surface area contributed by atoms with Gasteiger partial charge in [-0.25, -0.2) is 9.98 Å². The van der Waals surface area contributed by atoms with Gasteiger partial charge in [0, 0.05) is 31.9 Å². The molecule has 0 spiro atoms. The fourth-order valence-electron chi connectivity index (χ4n) is 2.31. The van der Waals surface area contributed by atoms with Crippen molar-refractivity contribution < 1.29 is 23.0 Å². The number of hydrogen-bond acceptors (Lipinski definition) is 4. The summed E-state index contributed by atoms with van der Waals surface area (Å²) >= 11 is 0. The lowest BCUT2D eigenvalue weighted by Gasteiger charge is -2.20. The zero-order valence-electron chi connectivity index (χ0n) is 13.8. The van der Waals surface area contributed by atoms with Crippen LogP contribution in [-0.4, -0.2) is 59.5 Å².